The molecule has 0 atom stereocenters. The number of rotatable bonds is 3. The first kappa shape index (κ1) is 12.4. The second kappa shape index (κ2) is 4.07. The number of hydrogen-bond acceptors (Lipinski definition) is 3. The van der Waals surface area contributed by atoms with Crippen LogP contribution in [-0.2, 0) is 15.0 Å². The number of amides is 1. The van der Waals surface area contributed by atoms with Gasteiger partial charge in [0.2, 0.25) is 5.91 Å². The highest BCUT2D eigenvalue weighted by Gasteiger charge is 2.38. The topological polar surface area (TPSA) is 92.5 Å². The molecule has 0 aromatic heterocycles. The molecular weight excluding hydrogens is 218 g/mol. The molecule has 6 nitrogen and oxygen atoms in total. The van der Waals surface area contributed by atoms with E-state index in [4.69, 9.17) is 5.73 Å². The van der Waals surface area contributed by atoms with Gasteiger partial charge in [0.1, 0.15) is 0 Å². The van der Waals surface area contributed by atoms with E-state index in [1.54, 1.807) is 6.92 Å². The van der Waals surface area contributed by atoms with Crippen LogP contribution in [0, 0.1) is 5.41 Å². The zero-order valence-corrected chi connectivity index (χ0v) is 9.80. The molecular formula is C8H17N3O3S. The second-order valence-electron chi connectivity index (χ2n) is 4.03. The van der Waals surface area contributed by atoms with Crippen LogP contribution >= 0.6 is 0 Å². The molecule has 1 aliphatic rings. The Labute approximate surface area is 90.0 Å². The fraction of sp³-hybridized carbons (Fsp3) is 0.875. The zero-order valence-electron chi connectivity index (χ0n) is 8.99. The van der Waals surface area contributed by atoms with E-state index in [0.29, 0.717) is 25.9 Å². The van der Waals surface area contributed by atoms with Crippen LogP contribution in [0.1, 0.15) is 19.8 Å². The molecule has 7 heteroatoms. The van der Waals surface area contributed by atoms with E-state index in [9.17, 15) is 13.2 Å². The van der Waals surface area contributed by atoms with E-state index in [0.717, 1.165) is 0 Å². The van der Waals surface area contributed by atoms with Crippen LogP contribution in [0.3, 0.4) is 0 Å². The molecule has 0 aliphatic carbocycles. The van der Waals surface area contributed by atoms with Crippen LogP contribution in [0.25, 0.3) is 0 Å². The average Bonchev–Trinajstić information content (AvgIpc) is 2.18. The van der Waals surface area contributed by atoms with Gasteiger partial charge in [0.15, 0.2) is 0 Å². The summed E-state index contributed by atoms with van der Waals surface area (Å²) < 4.78 is 26.4. The summed E-state index contributed by atoms with van der Waals surface area (Å²) in [4.78, 5) is 11.1. The van der Waals surface area contributed by atoms with Crippen LogP contribution in [0.4, 0.5) is 0 Å². The van der Waals surface area contributed by atoms with Crippen molar-refractivity contribution in [2.24, 2.45) is 11.1 Å². The predicted molar refractivity (Wildman–Crippen MR) is 56.1 cm³/mol. The van der Waals surface area contributed by atoms with Gasteiger partial charge in [-0.15, -0.1) is 0 Å². The highest BCUT2D eigenvalue weighted by atomic mass is 32.2. The number of nitrogens with one attached hydrogen (secondary N) is 1. The van der Waals surface area contributed by atoms with Gasteiger partial charge in [-0.2, -0.15) is 12.7 Å². The summed E-state index contributed by atoms with van der Waals surface area (Å²) in [5.41, 5.74) is 4.70. The number of carbonyl (C=O) groups is 1. The van der Waals surface area contributed by atoms with Crippen molar-refractivity contribution in [3.8, 4) is 0 Å². The van der Waals surface area contributed by atoms with Crippen molar-refractivity contribution in [1.29, 1.82) is 0 Å². The number of nitrogens with two attached hydrogens (primary N) is 1. The highest BCUT2D eigenvalue weighted by molar-refractivity contribution is 7.87. The summed E-state index contributed by atoms with van der Waals surface area (Å²) in [6, 6.07) is 0. The Balaban J connectivity index is 2.68. The third-order valence-corrected chi connectivity index (χ3v) is 4.58. The molecule has 0 spiro atoms. The molecule has 0 aromatic carbocycles. The maximum absolute atomic E-state index is 11.4. The minimum atomic E-state index is -3.37. The fourth-order valence-electron chi connectivity index (χ4n) is 1.60. The van der Waals surface area contributed by atoms with Gasteiger partial charge in [-0.25, -0.2) is 4.72 Å². The lowest BCUT2D eigenvalue weighted by Gasteiger charge is -2.36. The van der Waals surface area contributed by atoms with Gasteiger partial charge in [-0.1, -0.05) is 6.92 Å². The van der Waals surface area contributed by atoms with E-state index in [1.807, 2.05) is 0 Å². The summed E-state index contributed by atoms with van der Waals surface area (Å²) in [5.74, 6) is -0.357. The molecule has 0 aromatic rings. The molecule has 1 saturated heterocycles. The van der Waals surface area contributed by atoms with Crippen molar-refractivity contribution in [3.05, 3.63) is 0 Å². The minimum absolute atomic E-state index is 0.336. The van der Waals surface area contributed by atoms with Crippen LogP contribution < -0.4 is 10.5 Å². The maximum Gasteiger partial charge on any atom is 0.279 e. The van der Waals surface area contributed by atoms with Gasteiger partial charge in [-0.05, 0) is 12.8 Å². The van der Waals surface area contributed by atoms with Crippen LogP contribution in [0.5, 0.6) is 0 Å². The molecule has 3 N–H and O–H groups in total. The Morgan fingerprint density at radius 1 is 1.40 bits per heavy atom. The first-order chi connectivity index (χ1) is 6.82. The molecule has 15 heavy (non-hydrogen) atoms. The molecule has 1 rings (SSSR count). The lowest BCUT2D eigenvalue weighted by molar-refractivity contribution is -0.128. The predicted octanol–water partition coefficient (Wildman–Crippen LogP) is -0.962. The summed E-state index contributed by atoms with van der Waals surface area (Å²) >= 11 is 0. The molecule has 1 aliphatic heterocycles. The third kappa shape index (κ3) is 2.47. The smallest absolute Gasteiger partial charge is 0.279 e. The third-order valence-electron chi connectivity index (χ3n) is 3.02. The van der Waals surface area contributed by atoms with Gasteiger partial charge in [0.25, 0.3) is 10.2 Å². The number of hydrogen-bond donors (Lipinski definition) is 2. The zero-order chi connectivity index (χ0) is 11.7. The Hall–Kier alpha value is -0.660. The summed E-state index contributed by atoms with van der Waals surface area (Å²) in [5, 5.41) is 0. The molecule has 1 amide bonds. The summed E-state index contributed by atoms with van der Waals surface area (Å²) in [7, 11) is -1.99. The molecule has 0 saturated carbocycles. The van der Waals surface area contributed by atoms with E-state index < -0.39 is 15.6 Å². The summed E-state index contributed by atoms with van der Waals surface area (Å²) in [6.07, 6.45) is 0.951. The van der Waals surface area contributed by atoms with Crippen LogP contribution in [0.15, 0.2) is 0 Å². The van der Waals surface area contributed by atoms with E-state index in [-0.39, 0.29) is 5.91 Å². The number of nitrogens with zero attached hydrogens (tertiary/aromatic N) is 1. The Morgan fingerprint density at radius 2 is 1.87 bits per heavy atom. The Bertz CT molecular complexity index is 344. The molecule has 1 fully saturated rings. The van der Waals surface area contributed by atoms with Crippen molar-refractivity contribution >= 4 is 16.1 Å². The molecule has 0 bridgehead atoms. The standard InChI is InChI=1S/C8H17N3O3S/c1-8(7(9)12)3-5-11(6-4-8)15(13,14)10-2/h10H,3-6H2,1-2H3,(H2,9,12). The monoisotopic (exact) mass is 235 g/mol. The Kier molecular flexibility index (Phi) is 3.37. The van der Waals surface area contributed by atoms with E-state index in [1.165, 1.54) is 11.4 Å². The van der Waals surface area contributed by atoms with Gasteiger partial charge >= 0.3 is 0 Å². The normalized spacial score (nSPS) is 22.5. The molecule has 0 radical (unpaired) electrons. The van der Waals surface area contributed by atoms with Crippen molar-refractivity contribution in [1.82, 2.24) is 9.03 Å². The van der Waals surface area contributed by atoms with Gasteiger partial charge in [0.05, 0.1) is 0 Å². The van der Waals surface area contributed by atoms with Crippen LogP contribution in [0.2, 0.25) is 0 Å². The van der Waals surface area contributed by atoms with Gasteiger partial charge in [-0.3, -0.25) is 4.79 Å². The first-order valence-electron chi connectivity index (χ1n) is 4.80. The fourth-order valence-corrected chi connectivity index (χ4v) is 2.52. The Morgan fingerprint density at radius 3 is 2.20 bits per heavy atom. The van der Waals surface area contributed by atoms with Gasteiger partial charge in [0, 0.05) is 25.6 Å². The van der Waals surface area contributed by atoms with Crippen molar-refractivity contribution in [2.45, 2.75) is 19.8 Å². The summed E-state index contributed by atoms with van der Waals surface area (Å²) in [6.45, 7) is 2.45. The highest BCUT2D eigenvalue weighted by Crippen LogP contribution is 2.30. The lowest BCUT2D eigenvalue weighted by atomic mass is 9.80. The second-order valence-corrected chi connectivity index (χ2v) is 5.91. The largest absolute Gasteiger partial charge is 0.369 e. The number of primary amides is 1. The first-order valence-corrected chi connectivity index (χ1v) is 6.24. The average molecular weight is 235 g/mol. The maximum atomic E-state index is 11.4. The SMILES string of the molecule is CNS(=O)(=O)N1CCC(C)(C(N)=O)CC1. The lowest BCUT2D eigenvalue weighted by Crippen LogP contribution is -2.49. The number of piperidine rings is 1. The molecule has 88 valence electrons. The molecule has 0 unspecified atom stereocenters. The van der Waals surface area contributed by atoms with Crippen molar-refractivity contribution in [2.75, 3.05) is 20.1 Å². The van der Waals surface area contributed by atoms with E-state index in [2.05, 4.69) is 4.72 Å². The van der Waals surface area contributed by atoms with Crippen molar-refractivity contribution < 1.29 is 13.2 Å². The number of carbonyl (C=O) groups excluding carboxylic acids is 1. The van der Waals surface area contributed by atoms with Gasteiger partial charge < -0.3 is 5.73 Å². The van der Waals surface area contributed by atoms with Crippen LogP contribution in [-0.4, -0.2) is 38.8 Å². The van der Waals surface area contributed by atoms with Crippen molar-refractivity contribution in [3.63, 3.8) is 0 Å². The molecule has 1 heterocycles. The quantitative estimate of drug-likeness (QED) is 0.659. The van der Waals surface area contributed by atoms with E-state index >= 15 is 0 Å². The minimum Gasteiger partial charge on any atom is -0.369 e.